The van der Waals surface area contributed by atoms with E-state index in [9.17, 15) is 9.59 Å². The molecule has 132 valence electrons. The summed E-state index contributed by atoms with van der Waals surface area (Å²) in [6.07, 6.45) is 4.12. The van der Waals surface area contributed by atoms with Gasteiger partial charge in [-0.25, -0.2) is 0 Å². The number of hydrogen-bond donors (Lipinski definition) is 1. The van der Waals surface area contributed by atoms with Crippen molar-refractivity contribution in [3.05, 3.63) is 35.4 Å². The first kappa shape index (κ1) is 18.8. The normalized spacial score (nSPS) is 18.5. The van der Waals surface area contributed by atoms with Crippen LogP contribution >= 0.6 is 11.8 Å². The van der Waals surface area contributed by atoms with Crippen LogP contribution in [-0.4, -0.2) is 47.9 Å². The van der Waals surface area contributed by atoms with E-state index in [1.165, 1.54) is 11.1 Å². The molecular weight excluding hydrogens is 320 g/mol. The molecule has 4 nitrogen and oxygen atoms in total. The number of hydrogen-bond acceptors (Lipinski definition) is 3. The first-order chi connectivity index (χ1) is 11.6. The number of thioether (sulfide) groups is 1. The Bertz CT molecular complexity index is 576. The molecule has 2 rings (SSSR count). The molecule has 5 heteroatoms. The van der Waals surface area contributed by atoms with Gasteiger partial charge in [-0.05, 0) is 42.9 Å². The molecule has 0 aliphatic carbocycles. The Morgan fingerprint density at radius 3 is 2.79 bits per heavy atom. The second kappa shape index (κ2) is 9.11. The zero-order chi connectivity index (χ0) is 17.5. The van der Waals surface area contributed by atoms with Crippen LogP contribution < -0.4 is 5.32 Å². The third-order valence-electron chi connectivity index (χ3n) is 4.69. The van der Waals surface area contributed by atoms with Crippen molar-refractivity contribution in [1.82, 2.24) is 10.2 Å². The van der Waals surface area contributed by atoms with Crippen LogP contribution in [-0.2, 0) is 9.59 Å². The van der Waals surface area contributed by atoms with Crippen LogP contribution in [0.1, 0.15) is 43.2 Å². The van der Waals surface area contributed by atoms with Gasteiger partial charge >= 0.3 is 0 Å². The number of carbonyl (C=O) groups excluding carboxylic acids is 2. The summed E-state index contributed by atoms with van der Waals surface area (Å²) in [6.45, 7) is 5.47. The molecule has 1 N–H and O–H groups in total. The zero-order valence-corrected chi connectivity index (χ0v) is 15.7. The van der Waals surface area contributed by atoms with Gasteiger partial charge in [0.2, 0.25) is 11.8 Å². The lowest BCUT2D eigenvalue weighted by atomic mass is 9.94. The molecule has 1 aliphatic heterocycles. The van der Waals surface area contributed by atoms with E-state index in [0.29, 0.717) is 18.8 Å². The summed E-state index contributed by atoms with van der Waals surface area (Å²) in [6, 6.07) is 8.02. The van der Waals surface area contributed by atoms with Crippen molar-refractivity contribution in [1.29, 1.82) is 0 Å². The van der Waals surface area contributed by atoms with Crippen molar-refractivity contribution in [3.8, 4) is 0 Å². The minimum absolute atomic E-state index is 0.0518. The van der Waals surface area contributed by atoms with E-state index >= 15 is 0 Å². The molecule has 1 aromatic carbocycles. The van der Waals surface area contributed by atoms with E-state index < -0.39 is 0 Å². The summed E-state index contributed by atoms with van der Waals surface area (Å²) in [4.78, 5) is 26.5. The summed E-state index contributed by atoms with van der Waals surface area (Å²) in [7, 11) is 0. The van der Waals surface area contributed by atoms with Gasteiger partial charge in [-0.1, -0.05) is 31.2 Å². The predicted octanol–water partition coefficient (Wildman–Crippen LogP) is 2.96. The van der Waals surface area contributed by atoms with Crippen molar-refractivity contribution >= 4 is 23.6 Å². The number of likely N-dealkylation sites (tertiary alicyclic amines) is 1. The Morgan fingerprint density at radius 1 is 1.38 bits per heavy atom. The molecule has 1 saturated heterocycles. The van der Waals surface area contributed by atoms with Gasteiger partial charge in [0.1, 0.15) is 6.04 Å². The van der Waals surface area contributed by atoms with Crippen molar-refractivity contribution < 1.29 is 9.59 Å². The molecule has 0 saturated carbocycles. The minimum atomic E-state index is -0.388. The molecule has 2 amide bonds. The van der Waals surface area contributed by atoms with Gasteiger partial charge in [-0.3, -0.25) is 9.59 Å². The van der Waals surface area contributed by atoms with Gasteiger partial charge < -0.3 is 10.2 Å². The fourth-order valence-electron chi connectivity index (χ4n) is 3.27. The predicted molar refractivity (Wildman–Crippen MR) is 100 cm³/mol. The highest BCUT2D eigenvalue weighted by atomic mass is 32.2. The molecule has 1 aromatic rings. The average molecular weight is 349 g/mol. The lowest BCUT2D eigenvalue weighted by molar-refractivity contribution is -0.135. The number of amides is 2. The number of nitrogens with zero attached hydrogens (tertiary/aromatic N) is 1. The van der Waals surface area contributed by atoms with E-state index in [-0.39, 0.29) is 17.9 Å². The third kappa shape index (κ3) is 4.76. The first-order valence-corrected chi connectivity index (χ1v) is 10.1. The van der Waals surface area contributed by atoms with E-state index in [4.69, 9.17) is 0 Å². The molecule has 0 unspecified atom stereocenters. The maximum absolute atomic E-state index is 12.9. The summed E-state index contributed by atoms with van der Waals surface area (Å²) < 4.78 is 0. The fourth-order valence-corrected chi connectivity index (χ4v) is 3.74. The van der Waals surface area contributed by atoms with Gasteiger partial charge in [0.15, 0.2) is 0 Å². The van der Waals surface area contributed by atoms with Crippen molar-refractivity contribution in [3.63, 3.8) is 0 Å². The van der Waals surface area contributed by atoms with Crippen LogP contribution in [0, 0.1) is 6.92 Å². The lowest BCUT2D eigenvalue weighted by Crippen LogP contribution is -2.48. The second-order valence-corrected chi connectivity index (χ2v) is 7.37. The first-order valence-electron chi connectivity index (χ1n) is 8.69. The van der Waals surface area contributed by atoms with Crippen molar-refractivity contribution in [2.45, 2.75) is 45.1 Å². The molecular formula is C19H28N2O2S. The van der Waals surface area contributed by atoms with Crippen LogP contribution in [0.3, 0.4) is 0 Å². The number of nitrogens with one attached hydrogen (secondary N) is 1. The Hall–Kier alpha value is -1.49. The Kier molecular flexibility index (Phi) is 7.16. The summed E-state index contributed by atoms with van der Waals surface area (Å²) in [5.41, 5.74) is 2.63. The lowest BCUT2D eigenvalue weighted by Gasteiger charge is -2.24. The van der Waals surface area contributed by atoms with Crippen LogP contribution in [0.15, 0.2) is 24.3 Å². The molecule has 24 heavy (non-hydrogen) atoms. The van der Waals surface area contributed by atoms with Gasteiger partial charge in [-0.15, -0.1) is 0 Å². The SMILES string of the molecule is CCC(=O)N[C@@H](CCSC)C(=O)N1CC[C@@H](c2ccccc2C)C1. The molecule has 1 fully saturated rings. The standard InChI is InChI=1S/C19H28N2O2S/c1-4-18(22)20-17(10-12-24-3)19(23)21-11-9-15(13-21)16-8-6-5-7-14(16)2/h5-8,15,17H,4,9-13H2,1-3H3,(H,20,22)/t15-,17+/m1/s1. The smallest absolute Gasteiger partial charge is 0.245 e. The molecule has 1 heterocycles. The Balaban J connectivity index is 2.02. The summed E-state index contributed by atoms with van der Waals surface area (Å²) in [5.74, 6) is 1.29. The summed E-state index contributed by atoms with van der Waals surface area (Å²) in [5, 5.41) is 2.90. The summed E-state index contributed by atoms with van der Waals surface area (Å²) >= 11 is 1.70. The quantitative estimate of drug-likeness (QED) is 0.824. The highest BCUT2D eigenvalue weighted by Crippen LogP contribution is 2.29. The van der Waals surface area contributed by atoms with E-state index in [2.05, 4.69) is 36.5 Å². The molecule has 0 radical (unpaired) electrons. The van der Waals surface area contributed by atoms with Gasteiger partial charge in [0.05, 0.1) is 0 Å². The van der Waals surface area contributed by atoms with Crippen molar-refractivity contribution in [2.24, 2.45) is 0 Å². The molecule has 0 aromatic heterocycles. The van der Waals surface area contributed by atoms with Crippen LogP contribution in [0.5, 0.6) is 0 Å². The zero-order valence-electron chi connectivity index (χ0n) is 14.9. The highest BCUT2D eigenvalue weighted by molar-refractivity contribution is 7.98. The van der Waals surface area contributed by atoms with E-state index in [1.807, 2.05) is 18.1 Å². The maximum atomic E-state index is 12.9. The topological polar surface area (TPSA) is 49.4 Å². The highest BCUT2D eigenvalue weighted by Gasteiger charge is 2.32. The van der Waals surface area contributed by atoms with Crippen LogP contribution in [0.2, 0.25) is 0 Å². The second-order valence-electron chi connectivity index (χ2n) is 6.38. The number of aryl methyl sites for hydroxylation is 1. The third-order valence-corrected chi connectivity index (χ3v) is 5.34. The number of rotatable bonds is 7. The van der Waals surface area contributed by atoms with Crippen LogP contribution in [0.25, 0.3) is 0 Å². The molecule has 0 bridgehead atoms. The monoisotopic (exact) mass is 348 g/mol. The molecule has 2 atom stereocenters. The fraction of sp³-hybridized carbons (Fsp3) is 0.579. The molecule has 1 aliphatic rings. The average Bonchev–Trinajstić information content (AvgIpc) is 3.07. The van der Waals surface area contributed by atoms with E-state index in [0.717, 1.165) is 25.3 Å². The van der Waals surface area contributed by atoms with Crippen LogP contribution in [0.4, 0.5) is 0 Å². The minimum Gasteiger partial charge on any atom is -0.344 e. The number of carbonyl (C=O) groups is 2. The van der Waals surface area contributed by atoms with E-state index in [1.54, 1.807) is 11.8 Å². The maximum Gasteiger partial charge on any atom is 0.245 e. The Morgan fingerprint density at radius 2 is 2.12 bits per heavy atom. The van der Waals surface area contributed by atoms with Crippen molar-refractivity contribution in [2.75, 3.05) is 25.1 Å². The largest absolute Gasteiger partial charge is 0.344 e. The van der Waals surface area contributed by atoms with Gasteiger partial charge in [-0.2, -0.15) is 11.8 Å². The Labute approximate surface area is 149 Å². The molecule has 0 spiro atoms. The van der Waals surface area contributed by atoms with Gasteiger partial charge in [0, 0.05) is 25.4 Å². The van der Waals surface area contributed by atoms with Gasteiger partial charge in [0.25, 0.3) is 0 Å². The number of benzene rings is 1.